The molecule has 0 aliphatic heterocycles. The predicted molar refractivity (Wildman–Crippen MR) is 93.6 cm³/mol. The fourth-order valence-electron chi connectivity index (χ4n) is 2.55. The Labute approximate surface area is 147 Å². The van der Waals surface area contributed by atoms with Crippen molar-refractivity contribution in [2.24, 2.45) is 0 Å². The minimum absolute atomic E-state index is 0.206. The Kier molecular flexibility index (Phi) is 4.69. The fourth-order valence-corrected chi connectivity index (χ4v) is 4.06. The van der Waals surface area contributed by atoms with Gasteiger partial charge in [0.05, 0.1) is 4.90 Å². The molecule has 0 saturated carbocycles. The third kappa shape index (κ3) is 3.78. The molecule has 1 heterocycles. The first kappa shape index (κ1) is 17.3. The first-order valence-electron chi connectivity index (χ1n) is 7.81. The Hall–Kier alpha value is -2.51. The van der Waals surface area contributed by atoms with Crippen molar-refractivity contribution in [1.82, 2.24) is 14.9 Å². The lowest BCUT2D eigenvalue weighted by Crippen LogP contribution is -2.30. The molecule has 0 aliphatic rings. The van der Waals surface area contributed by atoms with Crippen LogP contribution in [0.5, 0.6) is 0 Å². The Morgan fingerprint density at radius 2 is 1.72 bits per heavy atom. The summed E-state index contributed by atoms with van der Waals surface area (Å²) in [5, 5.41) is 7.81. The second-order valence-electron chi connectivity index (χ2n) is 5.89. The van der Waals surface area contributed by atoms with E-state index in [0.717, 1.165) is 11.1 Å². The van der Waals surface area contributed by atoms with Crippen LogP contribution in [0, 0.1) is 20.8 Å². The average molecular weight is 357 g/mol. The van der Waals surface area contributed by atoms with Crippen LogP contribution in [0.3, 0.4) is 0 Å². The van der Waals surface area contributed by atoms with E-state index >= 15 is 0 Å². The lowest BCUT2D eigenvalue weighted by molar-refractivity contribution is 0.436. The van der Waals surface area contributed by atoms with Crippen molar-refractivity contribution in [1.29, 1.82) is 0 Å². The van der Waals surface area contributed by atoms with Crippen molar-refractivity contribution in [3.63, 3.8) is 0 Å². The lowest BCUT2D eigenvalue weighted by atomic mass is 10.1. The van der Waals surface area contributed by atoms with Crippen LogP contribution in [0.1, 0.15) is 34.5 Å². The number of benzene rings is 2. The average Bonchev–Trinajstić information content (AvgIpc) is 3.02. The van der Waals surface area contributed by atoms with E-state index in [2.05, 4.69) is 14.9 Å². The zero-order valence-corrected chi connectivity index (χ0v) is 15.0. The molecular weight excluding hydrogens is 338 g/mol. The first-order valence-corrected chi connectivity index (χ1v) is 9.29. The second kappa shape index (κ2) is 6.78. The van der Waals surface area contributed by atoms with Crippen LogP contribution in [0.2, 0.25) is 0 Å². The monoisotopic (exact) mass is 357 g/mol. The zero-order valence-electron chi connectivity index (χ0n) is 14.2. The highest BCUT2D eigenvalue weighted by Gasteiger charge is 2.27. The fraction of sp³-hybridized carbons (Fsp3) is 0.222. The summed E-state index contributed by atoms with van der Waals surface area (Å²) in [4.78, 5) is 0.240. The summed E-state index contributed by atoms with van der Waals surface area (Å²) in [5.41, 5.74) is 2.27. The van der Waals surface area contributed by atoms with E-state index in [1.54, 1.807) is 26.0 Å². The van der Waals surface area contributed by atoms with Gasteiger partial charge < -0.3 is 4.42 Å². The van der Waals surface area contributed by atoms with Crippen LogP contribution in [0.4, 0.5) is 0 Å². The van der Waals surface area contributed by atoms with Gasteiger partial charge in [-0.25, -0.2) is 8.42 Å². The number of rotatable bonds is 5. The molecule has 130 valence electrons. The number of hydrogen-bond acceptors (Lipinski definition) is 5. The molecule has 1 aromatic heterocycles. The Morgan fingerprint density at radius 3 is 2.36 bits per heavy atom. The molecule has 0 fully saturated rings. The Bertz CT molecular complexity index is 982. The van der Waals surface area contributed by atoms with Crippen LogP contribution in [0.15, 0.2) is 57.8 Å². The maximum absolute atomic E-state index is 13.0. The maximum Gasteiger partial charge on any atom is 0.241 e. The van der Waals surface area contributed by atoms with Crippen molar-refractivity contribution >= 4 is 10.0 Å². The highest BCUT2D eigenvalue weighted by Crippen LogP contribution is 2.25. The minimum atomic E-state index is -3.78. The third-order valence-corrected chi connectivity index (χ3v) is 5.39. The predicted octanol–water partition coefficient (Wildman–Crippen LogP) is 3.06. The van der Waals surface area contributed by atoms with Gasteiger partial charge in [-0.1, -0.05) is 42.5 Å². The molecule has 3 rings (SSSR count). The molecular formula is C18H19N3O3S. The van der Waals surface area contributed by atoms with E-state index in [1.807, 2.05) is 43.3 Å². The molecule has 0 aliphatic carbocycles. The highest BCUT2D eigenvalue weighted by atomic mass is 32.2. The van der Waals surface area contributed by atoms with Crippen molar-refractivity contribution in [3.05, 3.63) is 77.0 Å². The van der Waals surface area contributed by atoms with Crippen LogP contribution < -0.4 is 4.72 Å². The molecule has 0 radical (unpaired) electrons. The Morgan fingerprint density at radius 1 is 1.00 bits per heavy atom. The molecule has 1 N–H and O–H groups in total. The van der Waals surface area contributed by atoms with Crippen LogP contribution >= 0.6 is 0 Å². The van der Waals surface area contributed by atoms with Crippen molar-refractivity contribution in [2.45, 2.75) is 31.7 Å². The molecule has 0 bridgehead atoms. The van der Waals surface area contributed by atoms with Crippen LogP contribution in [-0.4, -0.2) is 18.6 Å². The van der Waals surface area contributed by atoms with Crippen molar-refractivity contribution < 1.29 is 12.8 Å². The van der Waals surface area contributed by atoms with Gasteiger partial charge in [0.1, 0.15) is 6.04 Å². The zero-order chi connectivity index (χ0) is 18.0. The molecule has 1 atom stereocenters. The van der Waals surface area contributed by atoms with Crippen molar-refractivity contribution in [2.75, 3.05) is 0 Å². The van der Waals surface area contributed by atoms with Crippen LogP contribution in [0.25, 0.3) is 0 Å². The molecule has 25 heavy (non-hydrogen) atoms. The number of sulfonamides is 1. The van der Waals surface area contributed by atoms with Gasteiger partial charge in [-0.3, -0.25) is 0 Å². The molecule has 6 nitrogen and oxygen atoms in total. The number of aryl methyl sites for hydroxylation is 3. The second-order valence-corrected chi connectivity index (χ2v) is 7.58. The van der Waals surface area contributed by atoms with E-state index in [-0.39, 0.29) is 10.8 Å². The SMILES string of the molecule is Cc1ccc(C)c(S(=O)(=O)NC(c2ccccc2)c2nnc(C)o2)c1. The normalized spacial score (nSPS) is 12.9. The topological polar surface area (TPSA) is 85.1 Å². The van der Waals surface area contributed by atoms with Gasteiger partial charge in [0.15, 0.2) is 0 Å². The van der Waals surface area contributed by atoms with Gasteiger partial charge in [-0.2, -0.15) is 4.72 Å². The van der Waals surface area contributed by atoms with Gasteiger partial charge in [0, 0.05) is 6.92 Å². The molecule has 0 amide bonds. The van der Waals surface area contributed by atoms with Gasteiger partial charge in [-0.05, 0) is 36.6 Å². The molecule has 1 unspecified atom stereocenters. The summed E-state index contributed by atoms with van der Waals surface area (Å²) in [6, 6.07) is 13.7. The number of aromatic nitrogens is 2. The van der Waals surface area contributed by atoms with E-state index < -0.39 is 16.1 Å². The largest absolute Gasteiger partial charge is 0.423 e. The standard InChI is InChI=1S/C18H19N3O3S/c1-12-9-10-13(2)16(11-12)25(22,23)21-17(15-7-5-4-6-8-15)18-20-19-14(3)24-18/h4-11,17,21H,1-3H3. The van der Waals surface area contributed by atoms with E-state index in [1.165, 1.54) is 0 Å². The minimum Gasteiger partial charge on any atom is -0.423 e. The Balaban J connectivity index is 2.04. The summed E-state index contributed by atoms with van der Waals surface area (Å²) < 4.78 is 34.1. The molecule has 7 heteroatoms. The highest BCUT2D eigenvalue weighted by molar-refractivity contribution is 7.89. The third-order valence-electron chi connectivity index (χ3n) is 3.83. The first-order chi connectivity index (χ1) is 11.9. The van der Waals surface area contributed by atoms with Crippen molar-refractivity contribution in [3.8, 4) is 0 Å². The summed E-state index contributed by atoms with van der Waals surface area (Å²) in [5.74, 6) is 0.583. The molecule has 0 saturated heterocycles. The summed E-state index contributed by atoms with van der Waals surface area (Å²) >= 11 is 0. The number of nitrogens with one attached hydrogen (secondary N) is 1. The van der Waals surface area contributed by atoms with Crippen LogP contribution in [-0.2, 0) is 10.0 Å². The van der Waals surface area contributed by atoms with Gasteiger partial charge in [0.2, 0.25) is 21.8 Å². The smallest absolute Gasteiger partial charge is 0.241 e. The number of hydrogen-bond donors (Lipinski definition) is 1. The van der Waals surface area contributed by atoms with E-state index in [0.29, 0.717) is 11.5 Å². The molecule has 0 spiro atoms. The number of nitrogens with zero attached hydrogens (tertiary/aromatic N) is 2. The summed E-state index contributed by atoms with van der Waals surface area (Å²) in [6.45, 7) is 5.29. The summed E-state index contributed by atoms with van der Waals surface area (Å²) in [6.07, 6.45) is 0. The van der Waals surface area contributed by atoms with Gasteiger partial charge in [-0.15, -0.1) is 10.2 Å². The van der Waals surface area contributed by atoms with E-state index in [9.17, 15) is 8.42 Å². The summed E-state index contributed by atoms with van der Waals surface area (Å²) in [7, 11) is -3.78. The van der Waals surface area contributed by atoms with Gasteiger partial charge in [0.25, 0.3) is 0 Å². The molecule has 2 aromatic carbocycles. The lowest BCUT2D eigenvalue weighted by Gasteiger charge is -2.17. The van der Waals surface area contributed by atoms with E-state index in [4.69, 9.17) is 4.42 Å². The molecule has 3 aromatic rings. The van der Waals surface area contributed by atoms with Gasteiger partial charge >= 0.3 is 0 Å². The quantitative estimate of drug-likeness (QED) is 0.758. The maximum atomic E-state index is 13.0.